The summed E-state index contributed by atoms with van der Waals surface area (Å²) < 4.78 is 13.0. The molecular formula is C16H18FNS. The van der Waals surface area contributed by atoms with Gasteiger partial charge in [-0.1, -0.05) is 31.2 Å². The minimum atomic E-state index is -0.189. The molecule has 1 N–H and O–H groups in total. The maximum absolute atomic E-state index is 13.0. The minimum Gasteiger partial charge on any atom is -0.381 e. The van der Waals surface area contributed by atoms with Gasteiger partial charge >= 0.3 is 0 Å². The van der Waals surface area contributed by atoms with Gasteiger partial charge in [0.2, 0.25) is 0 Å². The van der Waals surface area contributed by atoms with Crippen molar-refractivity contribution in [2.24, 2.45) is 0 Å². The molecule has 3 heteroatoms. The van der Waals surface area contributed by atoms with Crippen LogP contribution in [0, 0.1) is 5.82 Å². The van der Waals surface area contributed by atoms with Gasteiger partial charge in [0.05, 0.1) is 0 Å². The van der Waals surface area contributed by atoms with Crippen LogP contribution in [-0.4, -0.2) is 5.75 Å². The molecule has 2 aromatic rings. The molecule has 0 saturated heterocycles. The molecule has 100 valence electrons. The Morgan fingerprint density at radius 1 is 1.05 bits per heavy atom. The van der Waals surface area contributed by atoms with Gasteiger partial charge in [-0.2, -0.15) is 11.8 Å². The molecule has 0 aromatic heterocycles. The maximum atomic E-state index is 13.0. The third-order valence-corrected chi connectivity index (χ3v) is 3.76. The van der Waals surface area contributed by atoms with E-state index in [1.54, 1.807) is 12.1 Å². The molecule has 0 aliphatic carbocycles. The first kappa shape index (κ1) is 13.9. The molecule has 19 heavy (non-hydrogen) atoms. The molecule has 0 unspecified atom stereocenters. The van der Waals surface area contributed by atoms with E-state index >= 15 is 0 Å². The van der Waals surface area contributed by atoms with Crippen LogP contribution in [0.4, 0.5) is 10.1 Å². The number of halogens is 1. The minimum absolute atomic E-state index is 0.189. The van der Waals surface area contributed by atoms with E-state index in [2.05, 4.69) is 36.5 Å². The number of nitrogens with one attached hydrogen (secondary N) is 1. The van der Waals surface area contributed by atoms with E-state index in [4.69, 9.17) is 0 Å². The van der Waals surface area contributed by atoms with Crippen molar-refractivity contribution >= 4 is 17.4 Å². The van der Waals surface area contributed by atoms with Crippen LogP contribution in [0.15, 0.2) is 48.5 Å². The first-order valence-corrected chi connectivity index (χ1v) is 7.58. The standard InChI is InChI=1S/C16H18FNS/c1-2-19-12-13-6-8-16(9-7-13)18-11-14-4-3-5-15(17)10-14/h3-10,18H,2,11-12H2,1H3. The lowest BCUT2D eigenvalue weighted by atomic mass is 10.2. The smallest absolute Gasteiger partial charge is 0.123 e. The topological polar surface area (TPSA) is 12.0 Å². The molecule has 2 aromatic carbocycles. The molecule has 0 spiro atoms. The average molecular weight is 275 g/mol. The Hall–Kier alpha value is -1.48. The first-order chi connectivity index (χ1) is 9.28. The van der Waals surface area contributed by atoms with Crippen LogP contribution in [0.2, 0.25) is 0 Å². The second kappa shape index (κ2) is 7.19. The van der Waals surface area contributed by atoms with Gasteiger partial charge in [-0.25, -0.2) is 4.39 Å². The van der Waals surface area contributed by atoms with Gasteiger partial charge in [-0.05, 0) is 41.1 Å². The second-order valence-corrected chi connectivity index (χ2v) is 5.59. The number of rotatable bonds is 6. The van der Waals surface area contributed by atoms with Crippen molar-refractivity contribution in [3.8, 4) is 0 Å². The Kier molecular flexibility index (Phi) is 5.28. The van der Waals surface area contributed by atoms with Crippen molar-refractivity contribution in [3.05, 3.63) is 65.5 Å². The van der Waals surface area contributed by atoms with Gasteiger partial charge in [0.1, 0.15) is 5.82 Å². The summed E-state index contributed by atoms with van der Waals surface area (Å²) in [5.41, 5.74) is 3.35. The lowest BCUT2D eigenvalue weighted by molar-refractivity contribution is 0.626. The van der Waals surface area contributed by atoms with Crippen molar-refractivity contribution in [1.29, 1.82) is 0 Å². The predicted molar refractivity (Wildman–Crippen MR) is 82.0 cm³/mol. The summed E-state index contributed by atoms with van der Waals surface area (Å²) in [4.78, 5) is 0. The highest BCUT2D eigenvalue weighted by atomic mass is 32.2. The molecule has 0 bridgehead atoms. The molecule has 0 amide bonds. The average Bonchev–Trinajstić information content (AvgIpc) is 2.44. The lowest BCUT2D eigenvalue weighted by Crippen LogP contribution is -1.99. The Labute approximate surface area is 118 Å². The van der Waals surface area contributed by atoms with Crippen LogP contribution in [-0.2, 0) is 12.3 Å². The normalized spacial score (nSPS) is 10.4. The zero-order chi connectivity index (χ0) is 13.5. The zero-order valence-electron chi connectivity index (χ0n) is 11.0. The molecule has 0 aliphatic heterocycles. The summed E-state index contributed by atoms with van der Waals surface area (Å²) >= 11 is 1.92. The Bertz CT molecular complexity index is 510. The van der Waals surface area contributed by atoms with Crippen LogP contribution in [0.5, 0.6) is 0 Å². The van der Waals surface area contributed by atoms with Crippen molar-refractivity contribution in [3.63, 3.8) is 0 Å². The predicted octanol–water partition coefficient (Wildman–Crippen LogP) is 4.69. The fraction of sp³-hybridized carbons (Fsp3) is 0.250. The zero-order valence-corrected chi connectivity index (χ0v) is 11.8. The molecule has 0 atom stereocenters. The van der Waals surface area contributed by atoms with Gasteiger partial charge in [0.15, 0.2) is 0 Å². The van der Waals surface area contributed by atoms with Crippen LogP contribution in [0.25, 0.3) is 0 Å². The molecular weight excluding hydrogens is 257 g/mol. The highest BCUT2D eigenvalue weighted by Crippen LogP contribution is 2.16. The van der Waals surface area contributed by atoms with Gasteiger partial charge in [0.25, 0.3) is 0 Å². The van der Waals surface area contributed by atoms with E-state index in [1.807, 2.05) is 17.8 Å². The van der Waals surface area contributed by atoms with Crippen molar-refractivity contribution in [2.75, 3.05) is 11.1 Å². The van der Waals surface area contributed by atoms with Crippen LogP contribution in [0.3, 0.4) is 0 Å². The number of thioether (sulfide) groups is 1. The molecule has 0 fully saturated rings. The molecule has 0 saturated carbocycles. The number of hydrogen-bond donors (Lipinski definition) is 1. The Morgan fingerprint density at radius 2 is 1.84 bits per heavy atom. The molecule has 1 nitrogen and oxygen atoms in total. The van der Waals surface area contributed by atoms with Gasteiger partial charge < -0.3 is 5.32 Å². The fourth-order valence-electron chi connectivity index (χ4n) is 1.79. The van der Waals surface area contributed by atoms with E-state index in [-0.39, 0.29) is 5.82 Å². The third-order valence-electron chi connectivity index (χ3n) is 2.81. The van der Waals surface area contributed by atoms with Crippen molar-refractivity contribution in [2.45, 2.75) is 19.2 Å². The summed E-state index contributed by atoms with van der Waals surface area (Å²) in [6.45, 7) is 2.81. The van der Waals surface area contributed by atoms with E-state index in [0.29, 0.717) is 6.54 Å². The van der Waals surface area contributed by atoms with Gasteiger partial charge in [-0.3, -0.25) is 0 Å². The number of benzene rings is 2. The van der Waals surface area contributed by atoms with E-state index in [1.165, 1.54) is 11.6 Å². The molecule has 2 rings (SSSR count). The second-order valence-electron chi connectivity index (χ2n) is 4.32. The maximum Gasteiger partial charge on any atom is 0.123 e. The summed E-state index contributed by atoms with van der Waals surface area (Å²) in [7, 11) is 0. The highest BCUT2D eigenvalue weighted by Gasteiger charge is 1.97. The van der Waals surface area contributed by atoms with E-state index < -0.39 is 0 Å². The molecule has 0 radical (unpaired) electrons. The van der Waals surface area contributed by atoms with Gasteiger partial charge in [-0.15, -0.1) is 0 Å². The van der Waals surface area contributed by atoms with Crippen LogP contribution >= 0.6 is 11.8 Å². The molecule has 0 aliphatic rings. The number of hydrogen-bond acceptors (Lipinski definition) is 2. The lowest BCUT2D eigenvalue weighted by Gasteiger charge is -2.07. The van der Waals surface area contributed by atoms with Crippen molar-refractivity contribution in [1.82, 2.24) is 0 Å². The van der Waals surface area contributed by atoms with Gasteiger partial charge in [0, 0.05) is 18.0 Å². The van der Waals surface area contributed by atoms with E-state index in [9.17, 15) is 4.39 Å². The van der Waals surface area contributed by atoms with Crippen LogP contribution in [0.1, 0.15) is 18.1 Å². The summed E-state index contributed by atoms with van der Waals surface area (Å²) in [6, 6.07) is 15.1. The molecule has 0 heterocycles. The summed E-state index contributed by atoms with van der Waals surface area (Å²) in [5.74, 6) is 2.01. The first-order valence-electron chi connectivity index (χ1n) is 6.43. The SMILES string of the molecule is CCSCc1ccc(NCc2cccc(F)c2)cc1. The van der Waals surface area contributed by atoms with E-state index in [0.717, 1.165) is 22.8 Å². The fourth-order valence-corrected chi connectivity index (χ4v) is 2.42. The van der Waals surface area contributed by atoms with Crippen LogP contribution < -0.4 is 5.32 Å². The number of anilines is 1. The quantitative estimate of drug-likeness (QED) is 0.820. The summed E-state index contributed by atoms with van der Waals surface area (Å²) in [5, 5.41) is 3.30. The highest BCUT2D eigenvalue weighted by molar-refractivity contribution is 7.98. The largest absolute Gasteiger partial charge is 0.381 e. The Morgan fingerprint density at radius 3 is 2.53 bits per heavy atom. The monoisotopic (exact) mass is 275 g/mol. The summed E-state index contributed by atoms with van der Waals surface area (Å²) in [6.07, 6.45) is 0. The third kappa shape index (κ3) is 4.60. The van der Waals surface area contributed by atoms with Crippen molar-refractivity contribution < 1.29 is 4.39 Å². The Balaban J connectivity index is 1.89.